The number of aromatic nitrogens is 3. The fourth-order valence-electron chi connectivity index (χ4n) is 3.63. The Morgan fingerprint density at radius 1 is 1.18 bits per heavy atom. The van der Waals surface area contributed by atoms with Crippen molar-refractivity contribution in [2.45, 2.75) is 45.6 Å². The van der Waals surface area contributed by atoms with E-state index in [1.165, 1.54) is 23.5 Å². The average Bonchev–Trinajstić information content (AvgIpc) is 3.42. The maximum absolute atomic E-state index is 13.3. The maximum atomic E-state index is 13.3. The summed E-state index contributed by atoms with van der Waals surface area (Å²) < 4.78 is 15.2. The molecular formula is C24H29FN4O4S. The highest BCUT2D eigenvalue weighted by Crippen LogP contribution is 2.36. The molecule has 0 amide bonds. The standard InChI is InChI=1S/C18H18FN3O2S.C6H11NO2/c1-18(2,3)22-16(11-4-6-12(19)7-5-11)14(9-20-22)17-21-13(10-25-17)8-15(23)24;8-6(9)5-1-3-7-4-2-5/h4-7,9-10H,8H2,1-3H3,(H,23,24);5,7H,1-4H2,(H,8,9). The van der Waals surface area contributed by atoms with Crippen molar-refractivity contribution in [2.24, 2.45) is 5.92 Å². The van der Waals surface area contributed by atoms with E-state index in [2.05, 4.69) is 15.4 Å². The first kappa shape index (κ1) is 25.5. The van der Waals surface area contributed by atoms with Gasteiger partial charge in [0, 0.05) is 10.9 Å². The lowest BCUT2D eigenvalue weighted by Gasteiger charge is -2.23. The third kappa shape index (κ3) is 6.48. The van der Waals surface area contributed by atoms with Crippen molar-refractivity contribution in [3.63, 3.8) is 0 Å². The first-order valence-electron chi connectivity index (χ1n) is 11.0. The van der Waals surface area contributed by atoms with E-state index in [1.54, 1.807) is 23.7 Å². The van der Waals surface area contributed by atoms with Gasteiger partial charge in [0.1, 0.15) is 10.8 Å². The van der Waals surface area contributed by atoms with Crippen molar-refractivity contribution in [3.8, 4) is 21.8 Å². The Labute approximate surface area is 201 Å². The fraction of sp³-hybridized carbons (Fsp3) is 0.417. The van der Waals surface area contributed by atoms with Crippen LogP contribution in [0.4, 0.5) is 4.39 Å². The molecule has 2 aromatic heterocycles. The third-order valence-electron chi connectivity index (χ3n) is 5.33. The van der Waals surface area contributed by atoms with Crippen LogP contribution >= 0.6 is 11.3 Å². The minimum Gasteiger partial charge on any atom is -0.481 e. The summed E-state index contributed by atoms with van der Waals surface area (Å²) in [6.45, 7) is 7.82. The number of rotatable bonds is 5. The van der Waals surface area contributed by atoms with Crippen LogP contribution in [0.5, 0.6) is 0 Å². The van der Waals surface area contributed by atoms with Crippen LogP contribution in [0.3, 0.4) is 0 Å². The summed E-state index contributed by atoms with van der Waals surface area (Å²) in [5.41, 5.74) is 2.72. The number of hydrogen-bond acceptors (Lipinski definition) is 6. The molecule has 0 aliphatic carbocycles. The molecule has 10 heteroatoms. The summed E-state index contributed by atoms with van der Waals surface area (Å²) in [6, 6.07) is 6.25. The molecule has 1 aliphatic heterocycles. The largest absolute Gasteiger partial charge is 0.481 e. The number of aliphatic carboxylic acids is 2. The zero-order valence-electron chi connectivity index (χ0n) is 19.4. The lowest BCUT2D eigenvalue weighted by atomic mass is 9.99. The molecule has 0 atom stereocenters. The highest BCUT2D eigenvalue weighted by atomic mass is 32.1. The fourth-order valence-corrected chi connectivity index (χ4v) is 4.46. The first-order chi connectivity index (χ1) is 16.1. The van der Waals surface area contributed by atoms with Crippen LogP contribution in [0.25, 0.3) is 21.8 Å². The normalized spacial score (nSPS) is 14.4. The van der Waals surface area contributed by atoms with E-state index >= 15 is 0 Å². The molecule has 8 nitrogen and oxygen atoms in total. The second-order valence-electron chi connectivity index (χ2n) is 9.07. The zero-order valence-corrected chi connectivity index (χ0v) is 20.2. The van der Waals surface area contributed by atoms with Crippen LogP contribution in [-0.4, -0.2) is 50.0 Å². The first-order valence-corrected chi connectivity index (χ1v) is 11.9. The van der Waals surface area contributed by atoms with Gasteiger partial charge in [0.25, 0.3) is 0 Å². The molecule has 3 heterocycles. The van der Waals surface area contributed by atoms with Crippen LogP contribution in [0.15, 0.2) is 35.8 Å². The molecule has 1 aliphatic rings. The lowest BCUT2D eigenvalue weighted by Crippen LogP contribution is -2.31. The van der Waals surface area contributed by atoms with E-state index in [0.717, 1.165) is 42.8 Å². The molecule has 4 rings (SSSR count). The van der Waals surface area contributed by atoms with Gasteiger partial charge in [0.2, 0.25) is 0 Å². The van der Waals surface area contributed by atoms with Gasteiger partial charge < -0.3 is 15.5 Å². The van der Waals surface area contributed by atoms with Crippen molar-refractivity contribution in [1.29, 1.82) is 0 Å². The summed E-state index contributed by atoms with van der Waals surface area (Å²) >= 11 is 1.38. The summed E-state index contributed by atoms with van der Waals surface area (Å²) in [5.74, 6) is -1.95. The average molecular weight is 489 g/mol. The van der Waals surface area contributed by atoms with E-state index in [9.17, 15) is 14.0 Å². The Balaban J connectivity index is 0.000000302. The Morgan fingerprint density at radius 2 is 1.82 bits per heavy atom. The second kappa shape index (κ2) is 10.9. The third-order valence-corrected chi connectivity index (χ3v) is 6.25. The smallest absolute Gasteiger partial charge is 0.309 e. The molecule has 182 valence electrons. The van der Waals surface area contributed by atoms with Crippen LogP contribution in [0, 0.1) is 11.7 Å². The predicted molar refractivity (Wildman–Crippen MR) is 128 cm³/mol. The topological polar surface area (TPSA) is 117 Å². The minimum absolute atomic E-state index is 0.0914. The van der Waals surface area contributed by atoms with E-state index in [-0.39, 0.29) is 23.7 Å². The number of carbonyl (C=O) groups is 2. The molecule has 0 spiro atoms. The summed E-state index contributed by atoms with van der Waals surface area (Å²) in [7, 11) is 0. The van der Waals surface area contributed by atoms with E-state index in [1.807, 2.05) is 25.5 Å². The number of halogens is 1. The number of hydrogen-bond donors (Lipinski definition) is 3. The minimum atomic E-state index is -0.916. The van der Waals surface area contributed by atoms with Gasteiger partial charge in [-0.3, -0.25) is 14.3 Å². The van der Waals surface area contributed by atoms with Gasteiger partial charge in [-0.2, -0.15) is 5.10 Å². The number of nitrogens with one attached hydrogen (secondary N) is 1. The number of carboxylic acids is 2. The molecule has 0 unspecified atom stereocenters. The quantitative estimate of drug-likeness (QED) is 0.491. The SMILES string of the molecule is CC(C)(C)n1ncc(-c2nc(CC(=O)O)cs2)c1-c1ccc(F)cc1.O=C(O)C1CCNCC1. The maximum Gasteiger partial charge on any atom is 0.309 e. The highest BCUT2D eigenvalue weighted by Gasteiger charge is 2.24. The molecule has 34 heavy (non-hydrogen) atoms. The number of thiazole rings is 1. The number of carboxylic acid groups (broad SMARTS) is 2. The van der Waals surface area contributed by atoms with Crippen molar-refractivity contribution < 1.29 is 24.2 Å². The second-order valence-corrected chi connectivity index (χ2v) is 9.93. The van der Waals surface area contributed by atoms with Gasteiger partial charge in [-0.05, 0) is 71.0 Å². The predicted octanol–water partition coefficient (Wildman–Crippen LogP) is 4.27. The zero-order chi connectivity index (χ0) is 24.9. The van der Waals surface area contributed by atoms with Gasteiger partial charge in [-0.1, -0.05) is 0 Å². The number of nitrogens with zero attached hydrogens (tertiary/aromatic N) is 3. The molecular weight excluding hydrogens is 459 g/mol. The van der Waals surface area contributed by atoms with Crippen molar-refractivity contribution in [2.75, 3.05) is 13.1 Å². The van der Waals surface area contributed by atoms with Gasteiger partial charge in [0.15, 0.2) is 0 Å². The molecule has 3 N–H and O–H groups in total. The van der Waals surface area contributed by atoms with Crippen molar-refractivity contribution in [3.05, 3.63) is 47.4 Å². The Hall–Kier alpha value is -3.11. The van der Waals surface area contributed by atoms with Gasteiger partial charge in [0.05, 0.1) is 41.0 Å². The molecule has 3 aromatic rings. The highest BCUT2D eigenvalue weighted by molar-refractivity contribution is 7.13. The molecule has 0 radical (unpaired) electrons. The van der Waals surface area contributed by atoms with E-state index < -0.39 is 11.9 Å². The monoisotopic (exact) mass is 488 g/mol. The van der Waals surface area contributed by atoms with E-state index in [4.69, 9.17) is 10.2 Å². The lowest BCUT2D eigenvalue weighted by molar-refractivity contribution is -0.142. The van der Waals surface area contributed by atoms with Crippen molar-refractivity contribution in [1.82, 2.24) is 20.1 Å². The molecule has 0 saturated carbocycles. The Morgan fingerprint density at radius 3 is 2.35 bits per heavy atom. The summed E-state index contributed by atoms with van der Waals surface area (Å²) in [6.07, 6.45) is 3.19. The molecule has 1 saturated heterocycles. The van der Waals surface area contributed by atoms with Gasteiger partial charge in [-0.25, -0.2) is 9.37 Å². The van der Waals surface area contributed by atoms with Crippen LogP contribution < -0.4 is 5.32 Å². The molecule has 0 bridgehead atoms. The summed E-state index contributed by atoms with van der Waals surface area (Å²) in [5, 5.41) is 27.5. The van der Waals surface area contributed by atoms with E-state index in [0.29, 0.717) is 10.7 Å². The summed E-state index contributed by atoms with van der Waals surface area (Å²) in [4.78, 5) is 25.6. The van der Waals surface area contributed by atoms with Crippen molar-refractivity contribution >= 4 is 23.3 Å². The van der Waals surface area contributed by atoms with Gasteiger partial charge in [-0.15, -0.1) is 11.3 Å². The van der Waals surface area contributed by atoms with Crippen LogP contribution in [0.1, 0.15) is 39.3 Å². The molecule has 1 fully saturated rings. The number of piperidine rings is 1. The van der Waals surface area contributed by atoms with Gasteiger partial charge >= 0.3 is 11.9 Å². The van der Waals surface area contributed by atoms with Crippen LogP contribution in [0.2, 0.25) is 0 Å². The van der Waals surface area contributed by atoms with Crippen LogP contribution in [-0.2, 0) is 21.5 Å². The Bertz CT molecular complexity index is 1130. The molecule has 1 aromatic carbocycles. The number of benzene rings is 1. The Kier molecular flexibility index (Phi) is 8.16.